The Hall–Kier alpha value is -2.94. The Balaban J connectivity index is 2.02. The SMILES string of the molecule is CCCCCCCCC(CCC)C(Oc1ccccc1)(Oc1ccccc1)c1ccccc1O. The summed E-state index contributed by atoms with van der Waals surface area (Å²) in [5.74, 6) is 0.570. The second-order valence-corrected chi connectivity index (χ2v) is 9.06. The molecule has 0 fully saturated rings. The molecule has 0 aliphatic carbocycles. The van der Waals surface area contributed by atoms with Crippen LogP contribution in [0.1, 0.15) is 77.2 Å². The number of ether oxygens (including phenoxy) is 2. The van der Waals surface area contributed by atoms with E-state index in [0.29, 0.717) is 5.56 Å². The van der Waals surface area contributed by atoms with E-state index in [4.69, 9.17) is 9.47 Å². The molecule has 182 valence electrons. The van der Waals surface area contributed by atoms with Gasteiger partial charge >= 0.3 is 0 Å². The van der Waals surface area contributed by atoms with E-state index in [-0.39, 0.29) is 11.7 Å². The molecule has 0 saturated heterocycles. The van der Waals surface area contributed by atoms with E-state index in [1.165, 1.54) is 32.1 Å². The van der Waals surface area contributed by atoms with E-state index in [2.05, 4.69) is 13.8 Å². The third-order valence-electron chi connectivity index (χ3n) is 6.39. The average molecular weight is 461 g/mol. The molecular weight excluding hydrogens is 420 g/mol. The molecule has 0 amide bonds. The van der Waals surface area contributed by atoms with E-state index in [1.54, 1.807) is 6.07 Å². The predicted octanol–water partition coefficient (Wildman–Crippen LogP) is 8.87. The van der Waals surface area contributed by atoms with Gasteiger partial charge in [0.1, 0.15) is 17.2 Å². The minimum absolute atomic E-state index is 0.0670. The first kappa shape index (κ1) is 25.7. The van der Waals surface area contributed by atoms with Gasteiger partial charge in [0.05, 0.1) is 5.56 Å². The molecule has 1 atom stereocenters. The Morgan fingerprint density at radius 1 is 0.618 bits per heavy atom. The molecule has 3 nitrogen and oxygen atoms in total. The van der Waals surface area contributed by atoms with Gasteiger partial charge in [0, 0.05) is 5.92 Å². The van der Waals surface area contributed by atoms with Crippen LogP contribution in [0.2, 0.25) is 0 Å². The summed E-state index contributed by atoms with van der Waals surface area (Å²) in [6.07, 6.45) is 10.3. The number of para-hydroxylation sites is 3. The number of benzene rings is 3. The van der Waals surface area contributed by atoms with Crippen LogP contribution in [0.25, 0.3) is 0 Å². The van der Waals surface area contributed by atoms with Crippen LogP contribution in [0.15, 0.2) is 84.9 Å². The summed E-state index contributed by atoms with van der Waals surface area (Å²) in [5, 5.41) is 11.0. The molecule has 3 aromatic carbocycles. The first-order valence-corrected chi connectivity index (χ1v) is 13.0. The summed E-state index contributed by atoms with van der Waals surface area (Å²) >= 11 is 0. The van der Waals surface area contributed by atoms with Crippen molar-refractivity contribution in [3.8, 4) is 17.2 Å². The van der Waals surface area contributed by atoms with Crippen molar-refractivity contribution in [1.29, 1.82) is 0 Å². The lowest BCUT2D eigenvalue weighted by atomic mass is 9.83. The van der Waals surface area contributed by atoms with Crippen LogP contribution in [0.4, 0.5) is 0 Å². The van der Waals surface area contributed by atoms with Gasteiger partial charge in [0.2, 0.25) is 0 Å². The standard InChI is InChI=1S/C31H40O3/c1-3-5-6-7-8-11-19-26(18-4-2)31(29-24-16-17-25-30(29)32,33-27-20-12-9-13-21-27)34-28-22-14-10-15-23-28/h9-10,12-17,20-26,32H,3-8,11,18-19H2,1-2H3. The van der Waals surface area contributed by atoms with Crippen molar-refractivity contribution < 1.29 is 14.6 Å². The van der Waals surface area contributed by atoms with Crippen molar-refractivity contribution in [1.82, 2.24) is 0 Å². The third-order valence-corrected chi connectivity index (χ3v) is 6.39. The predicted molar refractivity (Wildman–Crippen MR) is 140 cm³/mol. The smallest absolute Gasteiger partial charge is 0.284 e. The topological polar surface area (TPSA) is 38.7 Å². The molecule has 3 aromatic rings. The highest BCUT2D eigenvalue weighted by molar-refractivity contribution is 5.39. The number of hydrogen-bond acceptors (Lipinski definition) is 3. The van der Waals surface area contributed by atoms with Crippen LogP contribution < -0.4 is 9.47 Å². The molecule has 0 saturated carbocycles. The van der Waals surface area contributed by atoms with Crippen molar-refractivity contribution >= 4 is 0 Å². The Labute approximate surface area is 205 Å². The number of phenolic OH excluding ortho intramolecular Hbond substituents is 1. The van der Waals surface area contributed by atoms with Crippen LogP contribution in [0.3, 0.4) is 0 Å². The molecule has 0 aromatic heterocycles. The second kappa shape index (κ2) is 13.7. The summed E-state index contributed by atoms with van der Waals surface area (Å²) < 4.78 is 13.6. The molecule has 34 heavy (non-hydrogen) atoms. The minimum atomic E-state index is -1.15. The maximum Gasteiger partial charge on any atom is 0.284 e. The Kier molecular flexibility index (Phi) is 10.3. The molecule has 1 N–H and O–H groups in total. The first-order valence-electron chi connectivity index (χ1n) is 13.0. The van der Waals surface area contributed by atoms with Crippen molar-refractivity contribution in [3.63, 3.8) is 0 Å². The lowest BCUT2D eigenvalue weighted by Gasteiger charge is -2.41. The lowest BCUT2D eigenvalue weighted by molar-refractivity contribution is -0.171. The number of aromatic hydroxyl groups is 1. The number of rotatable bonds is 15. The summed E-state index contributed by atoms with van der Waals surface area (Å²) in [4.78, 5) is 0. The van der Waals surface area contributed by atoms with Crippen molar-refractivity contribution in [2.75, 3.05) is 0 Å². The van der Waals surface area contributed by atoms with Crippen LogP contribution in [0.5, 0.6) is 17.2 Å². The molecule has 0 aliphatic heterocycles. The molecular formula is C31H40O3. The number of unbranched alkanes of at least 4 members (excludes halogenated alkanes) is 5. The fraction of sp³-hybridized carbons (Fsp3) is 0.419. The highest BCUT2D eigenvalue weighted by Gasteiger charge is 2.47. The Bertz CT molecular complexity index is 898. The fourth-order valence-electron chi connectivity index (χ4n) is 4.66. The molecule has 0 aliphatic rings. The molecule has 0 radical (unpaired) electrons. The maximum atomic E-state index is 11.0. The van der Waals surface area contributed by atoms with Gasteiger partial charge in [-0.2, -0.15) is 0 Å². The minimum Gasteiger partial charge on any atom is -0.507 e. The van der Waals surface area contributed by atoms with Gasteiger partial charge in [-0.05, 0) is 49.2 Å². The van der Waals surface area contributed by atoms with E-state index in [1.807, 2.05) is 78.9 Å². The maximum absolute atomic E-state index is 11.0. The van der Waals surface area contributed by atoms with Crippen LogP contribution in [0, 0.1) is 5.92 Å². The summed E-state index contributed by atoms with van der Waals surface area (Å²) in [5.41, 5.74) is 0.673. The van der Waals surface area contributed by atoms with Gasteiger partial charge in [-0.15, -0.1) is 0 Å². The summed E-state index contributed by atoms with van der Waals surface area (Å²) in [6, 6.07) is 27.1. The molecule has 0 spiro atoms. The van der Waals surface area contributed by atoms with Gasteiger partial charge < -0.3 is 14.6 Å². The molecule has 0 heterocycles. The van der Waals surface area contributed by atoms with Gasteiger partial charge in [-0.25, -0.2) is 0 Å². The number of phenols is 1. The first-order chi connectivity index (χ1) is 16.7. The monoisotopic (exact) mass is 460 g/mol. The van der Waals surface area contributed by atoms with Gasteiger partial charge in [0.15, 0.2) is 0 Å². The zero-order chi connectivity index (χ0) is 24.1. The quantitative estimate of drug-likeness (QED) is 0.182. The average Bonchev–Trinajstić information content (AvgIpc) is 2.86. The summed E-state index contributed by atoms with van der Waals surface area (Å²) in [6.45, 7) is 4.45. The fourth-order valence-corrected chi connectivity index (χ4v) is 4.66. The van der Waals surface area contributed by atoms with Gasteiger partial charge in [-0.3, -0.25) is 0 Å². The highest BCUT2D eigenvalue weighted by Crippen LogP contribution is 2.45. The zero-order valence-corrected chi connectivity index (χ0v) is 20.8. The summed E-state index contributed by atoms with van der Waals surface area (Å²) in [7, 11) is 0. The molecule has 1 unspecified atom stereocenters. The van der Waals surface area contributed by atoms with Crippen molar-refractivity contribution in [2.24, 2.45) is 5.92 Å². The number of hydrogen-bond donors (Lipinski definition) is 1. The van der Waals surface area contributed by atoms with E-state index in [9.17, 15) is 5.11 Å². The molecule has 0 bridgehead atoms. The highest BCUT2D eigenvalue weighted by atomic mass is 16.7. The van der Waals surface area contributed by atoms with Gasteiger partial charge in [-0.1, -0.05) is 107 Å². The van der Waals surface area contributed by atoms with Crippen LogP contribution in [-0.2, 0) is 5.79 Å². The zero-order valence-electron chi connectivity index (χ0n) is 20.8. The largest absolute Gasteiger partial charge is 0.507 e. The lowest BCUT2D eigenvalue weighted by Crippen LogP contribution is -2.46. The molecule has 3 rings (SSSR count). The van der Waals surface area contributed by atoms with Gasteiger partial charge in [0.25, 0.3) is 5.79 Å². The van der Waals surface area contributed by atoms with Crippen LogP contribution >= 0.6 is 0 Å². The van der Waals surface area contributed by atoms with Crippen molar-refractivity contribution in [2.45, 2.75) is 77.4 Å². The van der Waals surface area contributed by atoms with Crippen LogP contribution in [-0.4, -0.2) is 5.11 Å². The molecule has 3 heteroatoms. The van der Waals surface area contributed by atoms with E-state index < -0.39 is 5.79 Å². The third kappa shape index (κ3) is 7.03. The second-order valence-electron chi connectivity index (χ2n) is 9.06. The van der Waals surface area contributed by atoms with E-state index >= 15 is 0 Å². The van der Waals surface area contributed by atoms with E-state index in [0.717, 1.165) is 37.2 Å². The Morgan fingerprint density at radius 3 is 1.71 bits per heavy atom. The van der Waals surface area contributed by atoms with Crippen molar-refractivity contribution in [3.05, 3.63) is 90.5 Å². The normalized spacial score (nSPS) is 12.3. The Morgan fingerprint density at radius 2 is 1.15 bits per heavy atom.